The minimum atomic E-state index is -0.381. The van der Waals surface area contributed by atoms with Gasteiger partial charge in [0, 0.05) is 32.4 Å². The number of halogens is 2. The Morgan fingerprint density at radius 2 is 2.12 bits per heavy atom. The van der Waals surface area contributed by atoms with Crippen LogP contribution in [0.2, 0.25) is 0 Å². The van der Waals surface area contributed by atoms with Crippen LogP contribution >= 0.6 is 24.0 Å². The van der Waals surface area contributed by atoms with E-state index in [4.69, 9.17) is 4.74 Å². The maximum atomic E-state index is 13.1. The zero-order valence-corrected chi connectivity index (χ0v) is 17.0. The zero-order valence-electron chi connectivity index (χ0n) is 14.6. The van der Waals surface area contributed by atoms with Crippen molar-refractivity contribution in [3.63, 3.8) is 0 Å². The van der Waals surface area contributed by atoms with Crippen LogP contribution in [0.3, 0.4) is 0 Å². The van der Waals surface area contributed by atoms with E-state index in [1.54, 1.807) is 19.2 Å². The van der Waals surface area contributed by atoms with E-state index in [2.05, 4.69) is 20.5 Å². The molecule has 2 N–H and O–H groups in total. The van der Waals surface area contributed by atoms with Gasteiger partial charge >= 0.3 is 0 Å². The molecule has 1 amide bonds. The fraction of sp³-hybridized carbons (Fsp3) is 0.529. The smallest absolute Gasteiger partial charge is 0.243 e. The monoisotopic (exact) mass is 464 g/mol. The maximum Gasteiger partial charge on any atom is 0.243 e. The summed E-state index contributed by atoms with van der Waals surface area (Å²) in [5.74, 6) is 0.0685. The number of carbonyl (C=O) groups excluding carboxylic acids is 1. The van der Waals surface area contributed by atoms with Crippen molar-refractivity contribution in [2.24, 2.45) is 4.99 Å². The minimum absolute atomic E-state index is 0. The van der Waals surface area contributed by atoms with Gasteiger partial charge in [0.2, 0.25) is 5.91 Å². The van der Waals surface area contributed by atoms with Gasteiger partial charge in [0.1, 0.15) is 5.82 Å². The van der Waals surface area contributed by atoms with Gasteiger partial charge in [-0.05, 0) is 38.0 Å². The summed E-state index contributed by atoms with van der Waals surface area (Å²) in [6.07, 6.45) is 2.20. The number of likely N-dealkylation sites (tertiary alicyclic amines) is 1. The number of aliphatic imine (C=N–C) groups is 1. The van der Waals surface area contributed by atoms with Crippen LogP contribution in [0.4, 0.5) is 10.1 Å². The van der Waals surface area contributed by atoms with Gasteiger partial charge in [-0.25, -0.2) is 4.39 Å². The van der Waals surface area contributed by atoms with E-state index >= 15 is 0 Å². The molecular formula is C17H26FIN4O2. The topological polar surface area (TPSA) is 66.0 Å². The molecular weight excluding hydrogens is 438 g/mol. The molecule has 0 aromatic heterocycles. The van der Waals surface area contributed by atoms with Crippen molar-refractivity contribution in [1.29, 1.82) is 0 Å². The van der Waals surface area contributed by atoms with Crippen molar-refractivity contribution < 1.29 is 13.9 Å². The Kier molecular flexibility index (Phi) is 9.73. The van der Waals surface area contributed by atoms with Crippen LogP contribution in [0.25, 0.3) is 0 Å². The van der Waals surface area contributed by atoms with E-state index in [0.717, 1.165) is 32.5 Å². The summed E-state index contributed by atoms with van der Waals surface area (Å²) in [5, 5.41) is 5.70. The Balaban J connectivity index is 0.00000312. The molecule has 0 radical (unpaired) electrons. The molecule has 1 heterocycles. The molecule has 8 heteroatoms. The summed E-state index contributed by atoms with van der Waals surface area (Å²) in [4.78, 5) is 18.3. The normalized spacial score (nSPS) is 15.5. The van der Waals surface area contributed by atoms with Crippen molar-refractivity contribution in [2.75, 3.05) is 38.6 Å². The lowest BCUT2D eigenvalue weighted by Gasteiger charge is -2.33. The number of carbonyl (C=O) groups is 1. The molecule has 0 atom stereocenters. The SMILES string of the molecule is CCOC1CCN(C(=NC)NCC(=O)Nc2cccc(F)c2)CC1.I. The van der Waals surface area contributed by atoms with Crippen molar-refractivity contribution in [3.8, 4) is 0 Å². The number of rotatable bonds is 5. The van der Waals surface area contributed by atoms with E-state index in [1.807, 2.05) is 6.92 Å². The first kappa shape index (κ1) is 21.6. The third kappa shape index (κ3) is 7.15. The van der Waals surface area contributed by atoms with Gasteiger partial charge in [-0.3, -0.25) is 9.79 Å². The molecule has 0 bridgehead atoms. The summed E-state index contributed by atoms with van der Waals surface area (Å²) in [5.41, 5.74) is 0.439. The maximum absolute atomic E-state index is 13.1. The van der Waals surface area contributed by atoms with Crippen LogP contribution in [0.1, 0.15) is 19.8 Å². The van der Waals surface area contributed by atoms with Gasteiger partial charge in [-0.2, -0.15) is 0 Å². The highest BCUT2D eigenvalue weighted by atomic mass is 127. The number of piperidine rings is 1. The van der Waals surface area contributed by atoms with Gasteiger partial charge in [0.25, 0.3) is 0 Å². The Labute approximate surface area is 165 Å². The molecule has 0 aliphatic carbocycles. The van der Waals surface area contributed by atoms with E-state index in [1.165, 1.54) is 12.1 Å². The molecule has 0 saturated carbocycles. The molecule has 1 fully saturated rings. The van der Waals surface area contributed by atoms with Crippen LogP contribution in [0.15, 0.2) is 29.3 Å². The molecule has 6 nitrogen and oxygen atoms in total. The number of anilines is 1. The number of ether oxygens (including phenoxy) is 1. The lowest BCUT2D eigenvalue weighted by atomic mass is 10.1. The number of hydrogen-bond acceptors (Lipinski definition) is 3. The average Bonchev–Trinajstić information content (AvgIpc) is 2.57. The summed E-state index contributed by atoms with van der Waals surface area (Å²) in [7, 11) is 1.70. The molecule has 1 aromatic carbocycles. The van der Waals surface area contributed by atoms with Gasteiger partial charge in [0.05, 0.1) is 12.6 Å². The van der Waals surface area contributed by atoms with Gasteiger partial charge in [-0.15, -0.1) is 24.0 Å². The summed E-state index contributed by atoms with van der Waals surface area (Å²) in [6, 6.07) is 5.82. The lowest BCUT2D eigenvalue weighted by molar-refractivity contribution is -0.115. The number of hydrogen-bond donors (Lipinski definition) is 2. The van der Waals surface area contributed by atoms with Gasteiger partial charge in [0.15, 0.2) is 5.96 Å². The Hall–Kier alpha value is -1.42. The molecule has 140 valence electrons. The standard InChI is InChI=1S/C17H25FN4O2.HI/c1-3-24-15-7-9-22(10-8-15)17(19-2)20-12-16(23)21-14-6-4-5-13(18)11-14;/h4-6,11,15H,3,7-10,12H2,1-2H3,(H,19,20)(H,21,23);1H. The predicted molar refractivity (Wildman–Crippen MR) is 108 cm³/mol. The first-order chi connectivity index (χ1) is 11.6. The Morgan fingerprint density at radius 1 is 1.40 bits per heavy atom. The van der Waals surface area contributed by atoms with Gasteiger partial charge < -0.3 is 20.3 Å². The fourth-order valence-corrected chi connectivity index (χ4v) is 2.73. The average molecular weight is 464 g/mol. The van der Waals surface area contributed by atoms with E-state index < -0.39 is 0 Å². The summed E-state index contributed by atoms with van der Waals surface area (Å²) in [6.45, 7) is 4.50. The second kappa shape index (κ2) is 11.2. The van der Waals surface area contributed by atoms with E-state index in [0.29, 0.717) is 17.8 Å². The number of benzene rings is 1. The number of nitrogens with one attached hydrogen (secondary N) is 2. The molecule has 1 aliphatic rings. The number of guanidine groups is 1. The Bertz CT molecular complexity index is 578. The first-order valence-corrected chi connectivity index (χ1v) is 8.25. The molecule has 0 unspecified atom stereocenters. The van der Waals surface area contributed by atoms with Crippen LogP contribution in [-0.4, -0.2) is 56.2 Å². The zero-order chi connectivity index (χ0) is 17.4. The second-order valence-electron chi connectivity index (χ2n) is 5.60. The van der Waals surface area contributed by atoms with Crippen LogP contribution in [-0.2, 0) is 9.53 Å². The van der Waals surface area contributed by atoms with Crippen LogP contribution < -0.4 is 10.6 Å². The van der Waals surface area contributed by atoms with E-state index in [9.17, 15) is 9.18 Å². The van der Waals surface area contributed by atoms with Crippen molar-refractivity contribution in [2.45, 2.75) is 25.9 Å². The highest BCUT2D eigenvalue weighted by Crippen LogP contribution is 2.13. The van der Waals surface area contributed by atoms with Crippen LogP contribution in [0, 0.1) is 5.82 Å². The lowest BCUT2D eigenvalue weighted by Crippen LogP contribution is -2.48. The third-order valence-electron chi connectivity index (χ3n) is 3.87. The van der Waals surface area contributed by atoms with E-state index in [-0.39, 0.29) is 42.2 Å². The highest BCUT2D eigenvalue weighted by molar-refractivity contribution is 14.0. The molecule has 0 spiro atoms. The number of nitrogens with zero attached hydrogens (tertiary/aromatic N) is 2. The number of amides is 1. The van der Waals surface area contributed by atoms with Gasteiger partial charge in [-0.1, -0.05) is 6.07 Å². The summed E-state index contributed by atoms with van der Waals surface area (Å²) < 4.78 is 18.7. The summed E-state index contributed by atoms with van der Waals surface area (Å²) >= 11 is 0. The second-order valence-corrected chi connectivity index (χ2v) is 5.60. The highest BCUT2D eigenvalue weighted by Gasteiger charge is 2.21. The first-order valence-electron chi connectivity index (χ1n) is 8.25. The quantitative estimate of drug-likeness (QED) is 0.399. The molecule has 1 saturated heterocycles. The van der Waals surface area contributed by atoms with Crippen LogP contribution in [0.5, 0.6) is 0 Å². The van der Waals surface area contributed by atoms with Crippen molar-refractivity contribution >= 4 is 41.5 Å². The fourth-order valence-electron chi connectivity index (χ4n) is 2.73. The van der Waals surface area contributed by atoms with Crippen molar-refractivity contribution in [3.05, 3.63) is 30.1 Å². The van der Waals surface area contributed by atoms with Crippen molar-refractivity contribution in [1.82, 2.24) is 10.2 Å². The predicted octanol–water partition coefficient (Wildman–Crippen LogP) is 2.46. The molecule has 25 heavy (non-hydrogen) atoms. The largest absolute Gasteiger partial charge is 0.378 e. The molecule has 1 aliphatic heterocycles. The Morgan fingerprint density at radius 3 is 2.72 bits per heavy atom. The molecule has 1 aromatic rings. The third-order valence-corrected chi connectivity index (χ3v) is 3.87. The minimum Gasteiger partial charge on any atom is -0.378 e. The molecule has 2 rings (SSSR count).